The zero-order chi connectivity index (χ0) is 18.5. The SMILES string of the molecule is COc1cccc(OCC(=O)Nc2nnc(-c3ccn(C(C)C)n3)o2)c1. The number of methoxy groups -OCH3 is 1. The summed E-state index contributed by atoms with van der Waals surface area (Å²) in [6.45, 7) is 3.82. The van der Waals surface area contributed by atoms with Crippen LogP contribution in [0.15, 0.2) is 40.9 Å². The highest BCUT2D eigenvalue weighted by molar-refractivity contribution is 5.89. The van der Waals surface area contributed by atoms with E-state index < -0.39 is 5.91 Å². The molecular weight excluding hydrogens is 338 g/mol. The van der Waals surface area contributed by atoms with Gasteiger partial charge < -0.3 is 13.9 Å². The van der Waals surface area contributed by atoms with Crippen LogP contribution in [0.3, 0.4) is 0 Å². The van der Waals surface area contributed by atoms with E-state index in [1.807, 2.05) is 20.0 Å². The van der Waals surface area contributed by atoms with Crippen molar-refractivity contribution >= 4 is 11.9 Å². The molecule has 1 N–H and O–H groups in total. The van der Waals surface area contributed by atoms with Crippen molar-refractivity contribution in [2.24, 2.45) is 0 Å². The topological polar surface area (TPSA) is 104 Å². The van der Waals surface area contributed by atoms with Gasteiger partial charge in [0.25, 0.3) is 11.8 Å². The Hall–Kier alpha value is -3.36. The van der Waals surface area contributed by atoms with Gasteiger partial charge in [-0.1, -0.05) is 11.2 Å². The van der Waals surface area contributed by atoms with Gasteiger partial charge in [0.2, 0.25) is 0 Å². The van der Waals surface area contributed by atoms with Gasteiger partial charge in [-0.2, -0.15) is 5.10 Å². The number of nitrogens with zero attached hydrogens (tertiary/aromatic N) is 4. The summed E-state index contributed by atoms with van der Waals surface area (Å²) in [6, 6.07) is 8.94. The van der Waals surface area contributed by atoms with Gasteiger partial charge in [0.15, 0.2) is 6.61 Å². The zero-order valence-electron chi connectivity index (χ0n) is 14.7. The van der Waals surface area contributed by atoms with Gasteiger partial charge in [-0.05, 0) is 32.0 Å². The minimum atomic E-state index is -0.421. The molecule has 0 aliphatic carbocycles. The number of rotatable bonds is 7. The van der Waals surface area contributed by atoms with Crippen LogP contribution >= 0.6 is 0 Å². The third-order valence-electron chi connectivity index (χ3n) is 3.44. The second-order valence-electron chi connectivity index (χ2n) is 5.70. The number of carbonyl (C=O) groups excluding carboxylic acids is 1. The molecule has 3 rings (SSSR count). The average molecular weight is 357 g/mol. The summed E-state index contributed by atoms with van der Waals surface area (Å²) >= 11 is 0. The minimum absolute atomic E-state index is 0.0154. The van der Waals surface area contributed by atoms with E-state index in [1.54, 1.807) is 42.1 Å². The fourth-order valence-electron chi connectivity index (χ4n) is 2.11. The van der Waals surface area contributed by atoms with Crippen LogP contribution in [-0.4, -0.2) is 39.6 Å². The Morgan fingerprint density at radius 1 is 1.27 bits per heavy atom. The van der Waals surface area contributed by atoms with E-state index in [1.165, 1.54) is 0 Å². The zero-order valence-corrected chi connectivity index (χ0v) is 14.7. The predicted octanol–water partition coefficient (Wildman–Crippen LogP) is 2.54. The lowest BCUT2D eigenvalue weighted by Crippen LogP contribution is -2.20. The van der Waals surface area contributed by atoms with Crippen molar-refractivity contribution in [3.63, 3.8) is 0 Å². The van der Waals surface area contributed by atoms with Crippen LogP contribution in [-0.2, 0) is 4.79 Å². The van der Waals surface area contributed by atoms with Crippen LogP contribution in [0.1, 0.15) is 19.9 Å². The average Bonchev–Trinajstić information content (AvgIpc) is 3.29. The lowest BCUT2D eigenvalue weighted by molar-refractivity contribution is -0.118. The molecule has 0 aliphatic rings. The number of benzene rings is 1. The molecule has 9 heteroatoms. The normalized spacial score (nSPS) is 10.8. The first-order valence-electron chi connectivity index (χ1n) is 8.01. The van der Waals surface area contributed by atoms with E-state index in [-0.39, 0.29) is 24.6 Å². The Kier molecular flexibility index (Phi) is 5.16. The highest BCUT2D eigenvalue weighted by atomic mass is 16.5. The monoisotopic (exact) mass is 357 g/mol. The van der Waals surface area contributed by atoms with Gasteiger partial charge in [0, 0.05) is 18.3 Å². The number of hydrogen-bond acceptors (Lipinski definition) is 7. The van der Waals surface area contributed by atoms with Crippen LogP contribution in [0.4, 0.5) is 6.01 Å². The fourth-order valence-corrected chi connectivity index (χ4v) is 2.11. The van der Waals surface area contributed by atoms with Crippen molar-refractivity contribution in [3.8, 4) is 23.1 Å². The molecule has 0 saturated heterocycles. The van der Waals surface area contributed by atoms with Gasteiger partial charge in [0.1, 0.15) is 17.2 Å². The highest BCUT2D eigenvalue weighted by Gasteiger charge is 2.14. The molecule has 26 heavy (non-hydrogen) atoms. The Morgan fingerprint density at radius 3 is 2.81 bits per heavy atom. The number of aromatic nitrogens is 4. The number of hydrogen-bond donors (Lipinski definition) is 1. The molecule has 9 nitrogen and oxygen atoms in total. The standard InChI is InChI=1S/C17H19N5O4/c1-11(2)22-8-7-14(21-22)16-19-20-17(26-16)18-15(23)10-25-13-6-4-5-12(9-13)24-3/h4-9,11H,10H2,1-3H3,(H,18,20,23). The van der Waals surface area contributed by atoms with Gasteiger partial charge in [-0.15, -0.1) is 5.10 Å². The van der Waals surface area contributed by atoms with Crippen LogP contribution in [0.5, 0.6) is 11.5 Å². The molecule has 0 aliphatic heterocycles. The number of nitrogens with one attached hydrogen (secondary N) is 1. The molecule has 3 aromatic rings. The van der Waals surface area contributed by atoms with Gasteiger partial charge >= 0.3 is 6.01 Å². The molecular formula is C17H19N5O4. The smallest absolute Gasteiger partial charge is 0.322 e. The van der Waals surface area contributed by atoms with Crippen LogP contribution in [0.25, 0.3) is 11.6 Å². The first kappa shape index (κ1) is 17.5. The Morgan fingerprint density at radius 2 is 2.08 bits per heavy atom. The van der Waals surface area contributed by atoms with Crippen molar-refractivity contribution < 1.29 is 18.7 Å². The molecule has 1 amide bonds. The van der Waals surface area contributed by atoms with Crippen molar-refractivity contribution in [1.82, 2.24) is 20.0 Å². The number of carbonyl (C=O) groups is 1. The molecule has 2 heterocycles. The van der Waals surface area contributed by atoms with Crippen LogP contribution in [0.2, 0.25) is 0 Å². The Balaban J connectivity index is 1.57. The van der Waals surface area contributed by atoms with Crippen LogP contribution in [0, 0.1) is 0 Å². The molecule has 0 unspecified atom stereocenters. The molecule has 2 aromatic heterocycles. The van der Waals surface area contributed by atoms with Crippen molar-refractivity contribution in [2.75, 3.05) is 19.0 Å². The molecule has 136 valence electrons. The summed E-state index contributed by atoms with van der Waals surface area (Å²) in [5, 5.41) is 14.5. The van der Waals surface area contributed by atoms with Crippen molar-refractivity contribution in [1.29, 1.82) is 0 Å². The maximum Gasteiger partial charge on any atom is 0.322 e. The summed E-state index contributed by atoms with van der Waals surface area (Å²) in [5.74, 6) is 0.972. The summed E-state index contributed by atoms with van der Waals surface area (Å²) < 4.78 is 17.7. The molecule has 1 aromatic carbocycles. The fraction of sp³-hybridized carbons (Fsp3) is 0.294. The lowest BCUT2D eigenvalue weighted by atomic mass is 10.3. The van der Waals surface area contributed by atoms with E-state index >= 15 is 0 Å². The highest BCUT2D eigenvalue weighted by Crippen LogP contribution is 2.20. The second kappa shape index (κ2) is 7.68. The molecule has 0 bridgehead atoms. The molecule has 0 radical (unpaired) electrons. The Labute approximate surface area is 149 Å². The number of amides is 1. The molecule has 0 atom stereocenters. The van der Waals surface area contributed by atoms with Gasteiger partial charge in [0.05, 0.1) is 7.11 Å². The molecule has 0 spiro atoms. The lowest BCUT2D eigenvalue weighted by Gasteiger charge is -2.06. The maximum absolute atomic E-state index is 12.0. The molecule has 0 fully saturated rings. The van der Waals surface area contributed by atoms with Crippen molar-refractivity contribution in [2.45, 2.75) is 19.9 Å². The Bertz CT molecular complexity index is 887. The quantitative estimate of drug-likeness (QED) is 0.693. The largest absolute Gasteiger partial charge is 0.497 e. The summed E-state index contributed by atoms with van der Waals surface area (Å²) in [5.41, 5.74) is 0.541. The first-order chi connectivity index (χ1) is 12.5. The van der Waals surface area contributed by atoms with E-state index in [0.717, 1.165) is 0 Å². The van der Waals surface area contributed by atoms with Crippen LogP contribution < -0.4 is 14.8 Å². The summed E-state index contributed by atoms with van der Waals surface area (Å²) in [6.07, 6.45) is 1.82. The summed E-state index contributed by atoms with van der Waals surface area (Å²) in [7, 11) is 1.56. The second-order valence-corrected chi connectivity index (χ2v) is 5.70. The van der Waals surface area contributed by atoms with Crippen molar-refractivity contribution in [3.05, 3.63) is 36.5 Å². The van der Waals surface area contributed by atoms with Gasteiger partial charge in [-0.25, -0.2) is 0 Å². The third-order valence-corrected chi connectivity index (χ3v) is 3.44. The number of anilines is 1. The first-order valence-corrected chi connectivity index (χ1v) is 8.01. The van der Waals surface area contributed by atoms with E-state index in [2.05, 4.69) is 20.6 Å². The summed E-state index contributed by atoms with van der Waals surface area (Å²) in [4.78, 5) is 12.0. The van der Waals surface area contributed by atoms with E-state index in [9.17, 15) is 4.79 Å². The van der Waals surface area contributed by atoms with E-state index in [0.29, 0.717) is 17.2 Å². The minimum Gasteiger partial charge on any atom is -0.497 e. The predicted molar refractivity (Wildman–Crippen MR) is 93.0 cm³/mol. The van der Waals surface area contributed by atoms with Gasteiger partial charge in [-0.3, -0.25) is 14.8 Å². The number of ether oxygens (including phenoxy) is 2. The van der Waals surface area contributed by atoms with E-state index in [4.69, 9.17) is 13.9 Å². The third kappa shape index (κ3) is 4.18. The molecule has 0 saturated carbocycles. The maximum atomic E-state index is 12.0.